The summed E-state index contributed by atoms with van der Waals surface area (Å²) in [6.45, 7) is 15.2. The molecule has 1 amide bonds. The summed E-state index contributed by atoms with van der Waals surface area (Å²) in [7, 11) is -1.84. The topological polar surface area (TPSA) is 38.3 Å². The molecule has 0 radical (unpaired) electrons. The fourth-order valence-corrected chi connectivity index (χ4v) is 10.6. The van der Waals surface area contributed by atoms with Gasteiger partial charge in [-0.15, -0.1) is 0 Å². The van der Waals surface area contributed by atoms with Gasteiger partial charge < -0.3 is 9.74 Å². The van der Waals surface area contributed by atoms with Gasteiger partial charge in [0.2, 0.25) is 5.91 Å². The molecular formula is C27H41NO2Si. The molecule has 0 aromatic heterocycles. The van der Waals surface area contributed by atoms with Crippen LogP contribution in [0.15, 0.2) is 60.7 Å². The van der Waals surface area contributed by atoms with Gasteiger partial charge in [-0.2, -0.15) is 0 Å². The van der Waals surface area contributed by atoms with Crippen LogP contribution in [0.2, 0.25) is 16.6 Å². The van der Waals surface area contributed by atoms with Crippen LogP contribution in [-0.2, 0) is 15.6 Å². The van der Waals surface area contributed by atoms with Crippen LogP contribution in [-0.4, -0.2) is 27.4 Å². The van der Waals surface area contributed by atoms with Crippen molar-refractivity contribution in [3.63, 3.8) is 0 Å². The molecule has 3 nitrogen and oxygen atoms in total. The molecule has 31 heavy (non-hydrogen) atoms. The molecule has 0 spiro atoms. The van der Waals surface area contributed by atoms with Crippen molar-refractivity contribution in [3.8, 4) is 0 Å². The van der Waals surface area contributed by atoms with E-state index in [0.717, 1.165) is 18.6 Å². The number of amides is 1. The van der Waals surface area contributed by atoms with Crippen LogP contribution < -0.4 is 5.32 Å². The Balaban J connectivity index is 1.95. The summed E-state index contributed by atoms with van der Waals surface area (Å²) >= 11 is 0. The zero-order valence-corrected chi connectivity index (χ0v) is 21.2. The predicted octanol–water partition coefficient (Wildman–Crippen LogP) is 6.71. The lowest BCUT2D eigenvalue weighted by molar-refractivity contribution is -0.122. The van der Waals surface area contributed by atoms with Gasteiger partial charge in [-0.1, -0.05) is 102 Å². The van der Waals surface area contributed by atoms with Gasteiger partial charge in [-0.05, 0) is 40.6 Å². The van der Waals surface area contributed by atoms with Gasteiger partial charge >= 0.3 is 0 Å². The number of nitrogens with one attached hydrogen (secondary N) is 1. The predicted molar refractivity (Wildman–Crippen MR) is 134 cm³/mol. The first-order chi connectivity index (χ1) is 14.8. The van der Waals surface area contributed by atoms with Crippen molar-refractivity contribution < 1.29 is 9.22 Å². The molecule has 4 heteroatoms. The van der Waals surface area contributed by atoms with E-state index in [9.17, 15) is 4.79 Å². The Morgan fingerprint density at radius 2 is 1.35 bits per heavy atom. The van der Waals surface area contributed by atoms with E-state index in [1.54, 1.807) is 0 Å². The first-order valence-corrected chi connectivity index (χ1v) is 13.9. The minimum Gasteiger partial charge on any atom is -0.416 e. The van der Waals surface area contributed by atoms with E-state index < -0.39 is 8.32 Å². The molecule has 1 atom stereocenters. The fraction of sp³-hybridized carbons (Fsp3) is 0.519. The van der Waals surface area contributed by atoms with Crippen LogP contribution in [0, 0.1) is 0 Å². The lowest BCUT2D eigenvalue weighted by Crippen LogP contribution is -2.48. The average Bonchev–Trinajstić information content (AvgIpc) is 2.75. The molecule has 0 aliphatic heterocycles. The molecule has 0 heterocycles. The number of hydrogen-bond donors (Lipinski definition) is 1. The summed E-state index contributed by atoms with van der Waals surface area (Å²) in [5.74, 6) is -0.0879. The quantitative estimate of drug-likeness (QED) is 0.295. The number of benzene rings is 2. The fourth-order valence-electron chi connectivity index (χ4n) is 5.05. The summed E-state index contributed by atoms with van der Waals surface area (Å²) in [5.41, 5.74) is 3.98. The summed E-state index contributed by atoms with van der Waals surface area (Å²) in [6.07, 6.45) is 1.55. The highest BCUT2D eigenvalue weighted by Gasteiger charge is 2.44. The van der Waals surface area contributed by atoms with Crippen LogP contribution in [0.1, 0.15) is 65.0 Å². The number of carbonyl (C=O) groups excluding carboxylic acids is 1. The van der Waals surface area contributed by atoms with Gasteiger partial charge in [0.1, 0.15) is 0 Å². The van der Waals surface area contributed by atoms with Crippen LogP contribution in [0.3, 0.4) is 0 Å². The van der Waals surface area contributed by atoms with Crippen molar-refractivity contribution in [2.45, 2.75) is 76.9 Å². The Labute approximate surface area is 190 Å². The third kappa shape index (κ3) is 6.78. The Kier molecular flexibility index (Phi) is 9.98. The van der Waals surface area contributed by atoms with Gasteiger partial charge in [0.25, 0.3) is 0 Å². The van der Waals surface area contributed by atoms with E-state index in [1.165, 1.54) is 5.56 Å². The number of carbonyl (C=O) groups is 1. The van der Waals surface area contributed by atoms with Gasteiger partial charge in [0.15, 0.2) is 8.32 Å². The summed E-state index contributed by atoms with van der Waals surface area (Å²) < 4.78 is 6.62. The molecule has 0 saturated carbocycles. The SMILES string of the molecule is CC(C)[Si](OCCCNC(=O)C(Cc1ccccc1)c1ccccc1)(C(C)C)C(C)C. The zero-order valence-electron chi connectivity index (χ0n) is 20.2. The standard InChI is InChI=1S/C27H41NO2Si/c1-21(2)31(22(3)4,23(5)6)30-19-13-18-28-27(29)26(25-16-11-8-12-17-25)20-24-14-9-7-10-15-24/h7-12,14-17,21-23,26H,13,18-20H2,1-6H3,(H,28,29). The largest absolute Gasteiger partial charge is 0.416 e. The van der Waals surface area contributed by atoms with E-state index in [1.807, 2.05) is 48.5 Å². The van der Waals surface area contributed by atoms with Crippen LogP contribution in [0.4, 0.5) is 0 Å². The highest BCUT2D eigenvalue weighted by atomic mass is 28.4. The molecule has 170 valence electrons. The minimum atomic E-state index is -1.84. The highest BCUT2D eigenvalue weighted by Crippen LogP contribution is 2.42. The second-order valence-electron chi connectivity index (χ2n) is 9.46. The second kappa shape index (κ2) is 12.2. The van der Waals surface area contributed by atoms with Crippen molar-refractivity contribution in [1.29, 1.82) is 0 Å². The lowest BCUT2D eigenvalue weighted by Gasteiger charge is -2.42. The Morgan fingerprint density at radius 1 is 0.839 bits per heavy atom. The van der Waals surface area contributed by atoms with Crippen LogP contribution >= 0.6 is 0 Å². The first-order valence-electron chi connectivity index (χ1n) is 11.8. The Bertz CT molecular complexity index is 753. The molecule has 2 aromatic rings. The van der Waals surface area contributed by atoms with Crippen molar-refractivity contribution in [2.75, 3.05) is 13.2 Å². The highest BCUT2D eigenvalue weighted by molar-refractivity contribution is 6.77. The van der Waals surface area contributed by atoms with Gasteiger partial charge in [0, 0.05) is 13.2 Å². The number of hydrogen-bond acceptors (Lipinski definition) is 2. The maximum Gasteiger partial charge on any atom is 0.227 e. The van der Waals surface area contributed by atoms with Gasteiger partial charge in [0.05, 0.1) is 5.92 Å². The summed E-state index contributed by atoms with van der Waals surface area (Å²) in [5, 5.41) is 3.17. The molecule has 1 unspecified atom stereocenters. The molecule has 0 aliphatic carbocycles. The Morgan fingerprint density at radius 3 is 1.87 bits per heavy atom. The van der Waals surface area contributed by atoms with Crippen molar-refractivity contribution in [1.82, 2.24) is 5.32 Å². The average molecular weight is 440 g/mol. The van der Waals surface area contributed by atoms with Crippen molar-refractivity contribution in [3.05, 3.63) is 71.8 Å². The second-order valence-corrected chi connectivity index (χ2v) is 14.9. The third-order valence-electron chi connectivity index (χ3n) is 6.48. The molecular weight excluding hydrogens is 398 g/mol. The summed E-state index contributed by atoms with van der Waals surface area (Å²) in [4.78, 5) is 13.1. The number of rotatable bonds is 12. The Hall–Kier alpha value is -1.91. The maximum absolute atomic E-state index is 13.1. The molecule has 2 rings (SSSR count). The van der Waals surface area contributed by atoms with Gasteiger partial charge in [-0.25, -0.2) is 0 Å². The summed E-state index contributed by atoms with van der Waals surface area (Å²) in [6, 6.07) is 20.3. The third-order valence-corrected chi connectivity index (χ3v) is 12.6. The molecule has 0 fully saturated rings. The van der Waals surface area contributed by atoms with Crippen LogP contribution in [0.5, 0.6) is 0 Å². The minimum absolute atomic E-state index is 0.0927. The van der Waals surface area contributed by atoms with E-state index in [2.05, 4.69) is 59.0 Å². The zero-order chi connectivity index (χ0) is 22.9. The van der Waals surface area contributed by atoms with E-state index in [0.29, 0.717) is 29.6 Å². The molecule has 0 aliphatic rings. The van der Waals surface area contributed by atoms with E-state index in [4.69, 9.17) is 4.43 Å². The molecule has 2 aromatic carbocycles. The molecule has 0 saturated heterocycles. The molecule has 1 N–H and O–H groups in total. The molecule has 0 bridgehead atoms. The van der Waals surface area contributed by atoms with Crippen molar-refractivity contribution >= 4 is 14.2 Å². The van der Waals surface area contributed by atoms with Crippen LogP contribution in [0.25, 0.3) is 0 Å². The monoisotopic (exact) mass is 439 g/mol. The van der Waals surface area contributed by atoms with Gasteiger partial charge in [-0.3, -0.25) is 4.79 Å². The van der Waals surface area contributed by atoms with E-state index >= 15 is 0 Å². The van der Waals surface area contributed by atoms with Crippen molar-refractivity contribution in [2.24, 2.45) is 0 Å². The first kappa shape index (κ1) is 25.3. The smallest absolute Gasteiger partial charge is 0.227 e. The lowest BCUT2D eigenvalue weighted by atomic mass is 9.91. The maximum atomic E-state index is 13.1. The van der Waals surface area contributed by atoms with E-state index in [-0.39, 0.29) is 11.8 Å². The normalized spacial score (nSPS) is 13.1.